The fraction of sp³-hybridized carbons (Fsp3) is 0.333. The second kappa shape index (κ2) is 10.3. The predicted molar refractivity (Wildman–Crippen MR) is 113 cm³/mol. The Morgan fingerprint density at radius 1 is 1.03 bits per heavy atom. The zero-order valence-corrected chi connectivity index (χ0v) is 17.4. The van der Waals surface area contributed by atoms with E-state index in [1.807, 2.05) is 24.3 Å². The minimum Gasteiger partial charge on any atom is -0.490 e. The Bertz CT molecular complexity index is 886. The average Bonchev–Trinajstić information content (AvgIpc) is 2.69. The van der Waals surface area contributed by atoms with E-state index in [1.165, 1.54) is 11.6 Å². The average molecular weight is 393 g/mol. The zero-order valence-electron chi connectivity index (χ0n) is 17.4. The summed E-state index contributed by atoms with van der Waals surface area (Å²) in [6.45, 7) is 9.21. The minimum absolute atomic E-state index is 0.0500. The third-order valence-corrected chi connectivity index (χ3v) is 4.13. The summed E-state index contributed by atoms with van der Waals surface area (Å²) in [4.78, 5) is 11.7. The van der Waals surface area contributed by atoms with Crippen molar-refractivity contribution in [1.82, 2.24) is 0 Å². The Hall–Kier alpha value is -3.26. The molecule has 0 fully saturated rings. The van der Waals surface area contributed by atoms with Crippen LogP contribution < -0.4 is 9.47 Å². The second-order valence-electron chi connectivity index (χ2n) is 7.43. The van der Waals surface area contributed by atoms with Crippen molar-refractivity contribution in [2.24, 2.45) is 0 Å². The van der Waals surface area contributed by atoms with Gasteiger partial charge in [-0.1, -0.05) is 45.0 Å². The molecule has 5 nitrogen and oxygen atoms in total. The molecule has 0 aliphatic rings. The largest absolute Gasteiger partial charge is 0.490 e. The first-order valence-electron chi connectivity index (χ1n) is 9.58. The van der Waals surface area contributed by atoms with Crippen molar-refractivity contribution in [3.63, 3.8) is 0 Å². The SMILES string of the molecule is CCOC(=O)/C(C#N)=C\c1cccc(OCCOc2ccc(C(C)(C)C)cc2)c1. The number of nitriles is 1. The number of carbonyl (C=O) groups excluding carboxylic acids is 1. The molecule has 0 N–H and O–H groups in total. The molecule has 0 spiro atoms. The molecule has 0 heterocycles. The van der Waals surface area contributed by atoms with Crippen molar-refractivity contribution in [3.8, 4) is 17.6 Å². The lowest BCUT2D eigenvalue weighted by molar-refractivity contribution is -0.137. The Kier molecular flexibility index (Phi) is 7.85. The summed E-state index contributed by atoms with van der Waals surface area (Å²) in [7, 11) is 0. The molecule has 2 aromatic rings. The van der Waals surface area contributed by atoms with Crippen LogP contribution in [0.3, 0.4) is 0 Å². The number of ether oxygens (including phenoxy) is 3. The van der Waals surface area contributed by atoms with Gasteiger partial charge in [0.05, 0.1) is 6.61 Å². The Balaban J connectivity index is 1.89. The van der Waals surface area contributed by atoms with E-state index < -0.39 is 5.97 Å². The highest BCUT2D eigenvalue weighted by atomic mass is 16.5. The van der Waals surface area contributed by atoms with Gasteiger partial charge >= 0.3 is 5.97 Å². The quantitative estimate of drug-likeness (QED) is 0.276. The Morgan fingerprint density at radius 3 is 2.28 bits per heavy atom. The number of rotatable bonds is 8. The third kappa shape index (κ3) is 7.00. The summed E-state index contributed by atoms with van der Waals surface area (Å²) in [5.74, 6) is 0.796. The van der Waals surface area contributed by atoms with E-state index in [0.717, 1.165) is 5.75 Å². The van der Waals surface area contributed by atoms with E-state index in [2.05, 4.69) is 32.9 Å². The number of hydrogen-bond donors (Lipinski definition) is 0. The standard InChI is InChI=1S/C24H27NO4/c1-5-27-23(26)19(17-25)15-18-7-6-8-22(16-18)29-14-13-28-21-11-9-20(10-12-21)24(2,3)4/h6-12,15-16H,5,13-14H2,1-4H3/b19-15-. The van der Waals surface area contributed by atoms with E-state index in [0.29, 0.717) is 24.5 Å². The van der Waals surface area contributed by atoms with Crippen LogP contribution in [0.4, 0.5) is 0 Å². The van der Waals surface area contributed by atoms with Gasteiger partial charge in [0.25, 0.3) is 0 Å². The highest BCUT2D eigenvalue weighted by Gasteiger charge is 2.13. The first-order chi connectivity index (χ1) is 13.8. The highest BCUT2D eigenvalue weighted by Crippen LogP contribution is 2.24. The van der Waals surface area contributed by atoms with Gasteiger partial charge in [0.2, 0.25) is 0 Å². The van der Waals surface area contributed by atoms with Crippen LogP contribution in [0.25, 0.3) is 6.08 Å². The molecule has 5 heteroatoms. The van der Waals surface area contributed by atoms with Gasteiger partial charge < -0.3 is 14.2 Å². The molecule has 0 saturated heterocycles. The molecule has 0 unspecified atom stereocenters. The Labute approximate surface area is 172 Å². The van der Waals surface area contributed by atoms with Gasteiger partial charge in [-0.2, -0.15) is 5.26 Å². The molecule has 2 aromatic carbocycles. The van der Waals surface area contributed by atoms with E-state index >= 15 is 0 Å². The molecule has 0 saturated carbocycles. The molecule has 0 aliphatic carbocycles. The fourth-order valence-corrected chi connectivity index (χ4v) is 2.58. The lowest BCUT2D eigenvalue weighted by Gasteiger charge is -2.19. The molecule has 0 radical (unpaired) electrons. The fourth-order valence-electron chi connectivity index (χ4n) is 2.58. The summed E-state index contributed by atoms with van der Waals surface area (Å²) in [5.41, 5.74) is 2.00. The maximum absolute atomic E-state index is 11.7. The van der Waals surface area contributed by atoms with Gasteiger partial charge in [-0.15, -0.1) is 0 Å². The van der Waals surface area contributed by atoms with Gasteiger partial charge in [0, 0.05) is 0 Å². The predicted octanol–water partition coefficient (Wildman–Crippen LogP) is 4.91. The van der Waals surface area contributed by atoms with Crippen LogP contribution in [0.5, 0.6) is 11.5 Å². The van der Waals surface area contributed by atoms with Gasteiger partial charge in [0.1, 0.15) is 36.4 Å². The monoisotopic (exact) mass is 393 g/mol. The number of carbonyl (C=O) groups is 1. The summed E-state index contributed by atoms with van der Waals surface area (Å²) in [6.07, 6.45) is 1.48. The van der Waals surface area contributed by atoms with Crippen LogP contribution in [0.2, 0.25) is 0 Å². The maximum atomic E-state index is 11.7. The summed E-state index contributed by atoms with van der Waals surface area (Å²) >= 11 is 0. The zero-order chi connectivity index (χ0) is 21.3. The first kappa shape index (κ1) is 22.0. The van der Waals surface area contributed by atoms with Crippen LogP contribution >= 0.6 is 0 Å². The molecule has 0 aliphatic heterocycles. The van der Waals surface area contributed by atoms with E-state index in [9.17, 15) is 4.79 Å². The topological polar surface area (TPSA) is 68.6 Å². The molecule has 0 aromatic heterocycles. The normalized spacial score (nSPS) is 11.5. The van der Waals surface area contributed by atoms with Crippen LogP contribution in [0.15, 0.2) is 54.1 Å². The maximum Gasteiger partial charge on any atom is 0.348 e. The van der Waals surface area contributed by atoms with Crippen LogP contribution in [-0.4, -0.2) is 25.8 Å². The molecule has 2 rings (SSSR count). The molecule has 0 atom stereocenters. The van der Waals surface area contributed by atoms with Crippen LogP contribution in [0.1, 0.15) is 38.8 Å². The minimum atomic E-state index is -0.632. The van der Waals surface area contributed by atoms with Crippen LogP contribution in [0, 0.1) is 11.3 Å². The lowest BCUT2D eigenvalue weighted by Crippen LogP contribution is -2.11. The van der Waals surface area contributed by atoms with E-state index in [-0.39, 0.29) is 17.6 Å². The van der Waals surface area contributed by atoms with Crippen LogP contribution in [-0.2, 0) is 14.9 Å². The smallest absolute Gasteiger partial charge is 0.348 e. The van der Waals surface area contributed by atoms with Crippen molar-refractivity contribution in [2.75, 3.05) is 19.8 Å². The highest BCUT2D eigenvalue weighted by molar-refractivity contribution is 5.97. The van der Waals surface area contributed by atoms with Gasteiger partial charge in [-0.3, -0.25) is 0 Å². The summed E-state index contributed by atoms with van der Waals surface area (Å²) in [5, 5.41) is 9.13. The molecule has 152 valence electrons. The number of hydrogen-bond acceptors (Lipinski definition) is 5. The number of esters is 1. The molecular formula is C24H27NO4. The lowest BCUT2D eigenvalue weighted by atomic mass is 9.87. The molecule has 29 heavy (non-hydrogen) atoms. The van der Waals surface area contributed by atoms with Crippen molar-refractivity contribution >= 4 is 12.0 Å². The summed E-state index contributed by atoms with van der Waals surface area (Å²) < 4.78 is 16.3. The number of nitrogens with zero attached hydrogens (tertiary/aromatic N) is 1. The first-order valence-corrected chi connectivity index (χ1v) is 9.58. The molecular weight excluding hydrogens is 366 g/mol. The molecule has 0 bridgehead atoms. The van der Waals surface area contributed by atoms with Crippen molar-refractivity contribution < 1.29 is 19.0 Å². The van der Waals surface area contributed by atoms with Gasteiger partial charge in [-0.05, 0) is 53.8 Å². The molecule has 0 amide bonds. The summed E-state index contributed by atoms with van der Waals surface area (Å²) in [6, 6.07) is 17.1. The van der Waals surface area contributed by atoms with E-state index in [1.54, 1.807) is 25.1 Å². The third-order valence-electron chi connectivity index (χ3n) is 4.13. The van der Waals surface area contributed by atoms with Crippen molar-refractivity contribution in [2.45, 2.75) is 33.1 Å². The van der Waals surface area contributed by atoms with Crippen molar-refractivity contribution in [1.29, 1.82) is 5.26 Å². The van der Waals surface area contributed by atoms with Gasteiger partial charge in [-0.25, -0.2) is 4.79 Å². The van der Waals surface area contributed by atoms with Crippen molar-refractivity contribution in [3.05, 3.63) is 65.2 Å². The Morgan fingerprint density at radius 2 is 1.69 bits per heavy atom. The van der Waals surface area contributed by atoms with Gasteiger partial charge in [0.15, 0.2) is 0 Å². The number of benzene rings is 2. The second-order valence-corrected chi connectivity index (χ2v) is 7.43. The van der Waals surface area contributed by atoms with E-state index in [4.69, 9.17) is 19.5 Å².